The van der Waals surface area contributed by atoms with E-state index >= 15 is 0 Å². The molecule has 16 heavy (non-hydrogen) atoms. The van der Waals surface area contributed by atoms with Crippen LogP contribution in [0.4, 0.5) is 0 Å². The second-order valence-electron chi connectivity index (χ2n) is 3.77. The van der Waals surface area contributed by atoms with Gasteiger partial charge >= 0.3 is 29.6 Å². The molecule has 0 spiro atoms. The molecule has 2 heteroatoms. The van der Waals surface area contributed by atoms with Crippen LogP contribution in [0.25, 0.3) is 0 Å². The van der Waals surface area contributed by atoms with Crippen LogP contribution in [0.3, 0.4) is 0 Å². The third-order valence-corrected chi connectivity index (χ3v) is 3.12. The monoisotopic (exact) mass is 236 g/mol. The molecule has 0 atom stereocenters. The van der Waals surface area contributed by atoms with E-state index in [1.165, 1.54) is 11.1 Å². The van der Waals surface area contributed by atoms with E-state index in [4.69, 9.17) is 12.6 Å². The van der Waals surface area contributed by atoms with Crippen LogP contribution in [0.1, 0.15) is 18.1 Å². The Balaban J connectivity index is 0.00000128. The van der Waals surface area contributed by atoms with Gasteiger partial charge < -0.3 is 12.6 Å². The van der Waals surface area contributed by atoms with Crippen molar-refractivity contribution in [2.75, 3.05) is 0 Å². The van der Waals surface area contributed by atoms with Crippen molar-refractivity contribution in [1.29, 1.82) is 0 Å². The zero-order chi connectivity index (χ0) is 10.7. The molecule has 0 fully saturated rings. The Kier molecular flexibility index (Phi) is 5.13. The zero-order valence-corrected chi connectivity index (χ0v) is 12.5. The number of hydrogen-bond donors (Lipinski definition) is 0. The summed E-state index contributed by atoms with van der Waals surface area (Å²) in [6.45, 7) is 2.08. The average molecular weight is 236 g/mol. The fourth-order valence-corrected chi connectivity index (χ4v) is 1.95. The average Bonchev–Trinajstić information content (AvgIpc) is 2.31. The Morgan fingerprint density at radius 3 is 1.38 bits per heavy atom. The molecule has 0 amide bonds. The Morgan fingerprint density at radius 2 is 1.06 bits per heavy atom. The molecular formula is C14H13NaS. The quantitative estimate of drug-likeness (QED) is 0.540. The molecular weight excluding hydrogens is 223 g/mol. The summed E-state index contributed by atoms with van der Waals surface area (Å²) in [5.41, 5.74) is 2.34. The van der Waals surface area contributed by atoms with Crippen LogP contribution in [0.2, 0.25) is 0 Å². The Bertz CT molecular complexity index is 382. The standard InChI is InChI=1S/C14H14S.Na/c1-14(15,12-8-4-2-5-9-12)13-10-6-3-7-11-13;/h2-11,15H,1H3;/q;+1/p-1. The summed E-state index contributed by atoms with van der Waals surface area (Å²) in [7, 11) is 0. The summed E-state index contributed by atoms with van der Waals surface area (Å²) in [5.74, 6) is 0. The first kappa shape index (κ1) is 13.9. The summed E-state index contributed by atoms with van der Waals surface area (Å²) in [6.07, 6.45) is 0. The van der Waals surface area contributed by atoms with Crippen molar-refractivity contribution in [3.05, 3.63) is 71.8 Å². The second-order valence-corrected chi connectivity index (χ2v) is 4.58. The summed E-state index contributed by atoms with van der Waals surface area (Å²) < 4.78 is -0.331. The van der Waals surface area contributed by atoms with Crippen molar-refractivity contribution >= 4 is 12.6 Å². The van der Waals surface area contributed by atoms with Gasteiger partial charge in [0.1, 0.15) is 0 Å². The molecule has 0 radical (unpaired) electrons. The number of rotatable bonds is 2. The first-order chi connectivity index (χ1) is 7.21. The largest absolute Gasteiger partial charge is 1.00 e. The third-order valence-electron chi connectivity index (χ3n) is 2.65. The van der Waals surface area contributed by atoms with E-state index in [1.807, 2.05) is 36.4 Å². The van der Waals surface area contributed by atoms with E-state index in [-0.39, 0.29) is 34.3 Å². The molecule has 0 aliphatic heterocycles. The van der Waals surface area contributed by atoms with Gasteiger partial charge in [0, 0.05) is 0 Å². The molecule has 0 unspecified atom stereocenters. The number of hydrogen-bond acceptors (Lipinski definition) is 1. The molecule has 0 aliphatic rings. The second kappa shape index (κ2) is 5.92. The van der Waals surface area contributed by atoms with Crippen LogP contribution in [0.5, 0.6) is 0 Å². The Morgan fingerprint density at radius 1 is 0.750 bits per heavy atom. The normalized spacial score (nSPS) is 10.6. The maximum atomic E-state index is 5.68. The Hall–Kier alpha value is -0.210. The van der Waals surface area contributed by atoms with Crippen molar-refractivity contribution in [3.63, 3.8) is 0 Å². The van der Waals surface area contributed by atoms with Crippen molar-refractivity contribution in [3.8, 4) is 0 Å². The van der Waals surface area contributed by atoms with E-state index in [2.05, 4.69) is 31.2 Å². The molecule has 0 nitrogen and oxygen atoms in total. The van der Waals surface area contributed by atoms with E-state index in [0.717, 1.165) is 0 Å². The molecule has 0 N–H and O–H groups in total. The van der Waals surface area contributed by atoms with Gasteiger partial charge in [-0.2, -0.15) is 0 Å². The molecule has 0 aromatic heterocycles. The van der Waals surface area contributed by atoms with E-state index in [9.17, 15) is 0 Å². The van der Waals surface area contributed by atoms with Gasteiger partial charge in [0.25, 0.3) is 0 Å². The van der Waals surface area contributed by atoms with E-state index in [1.54, 1.807) is 0 Å². The molecule has 0 bridgehead atoms. The van der Waals surface area contributed by atoms with Crippen molar-refractivity contribution in [2.45, 2.75) is 11.7 Å². The van der Waals surface area contributed by atoms with Crippen LogP contribution < -0.4 is 29.6 Å². The van der Waals surface area contributed by atoms with Gasteiger partial charge in [-0.1, -0.05) is 78.7 Å². The smallest absolute Gasteiger partial charge is 0.777 e. The minimum absolute atomic E-state index is 0. The van der Waals surface area contributed by atoms with Crippen LogP contribution in [0.15, 0.2) is 60.7 Å². The van der Waals surface area contributed by atoms with Gasteiger partial charge in [0.15, 0.2) is 0 Å². The molecule has 2 rings (SSSR count). The fourth-order valence-electron chi connectivity index (χ4n) is 1.68. The molecule has 76 valence electrons. The predicted octanol–water partition coefficient (Wildman–Crippen LogP) is 0.501. The van der Waals surface area contributed by atoms with Crippen LogP contribution >= 0.6 is 0 Å². The topological polar surface area (TPSA) is 0 Å². The van der Waals surface area contributed by atoms with Gasteiger partial charge in [-0.05, 0) is 0 Å². The maximum Gasteiger partial charge on any atom is 1.00 e. The predicted molar refractivity (Wildman–Crippen MR) is 66.7 cm³/mol. The summed E-state index contributed by atoms with van der Waals surface area (Å²) >= 11 is 5.68. The van der Waals surface area contributed by atoms with Gasteiger partial charge in [0.2, 0.25) is 0 Å². The first-order valence-corrected chi connectivity index (χ1v) is 5.43. The summed E-state index contributed by atoms with van der Waals surface area (Å²) in [4.78, 5) is 0. The molecule has 0 saturated carbocycles. The molecule has 0 aliphatic carbocycles. The first-order valence-electron chi connectivity index (χ1n) is 5.03. The number of benzene rings is 2. The minimum atomic E-state index is -0.331. The van der Waals surface area contributed by atoms with Crippen molar-refractivity contribution in [2.24, 2.45) is 0 Å². The third kappa shape index (κ3) is 2.92. The van der Waals surface area contributed by atoms with Gasteiger partial charge in [0.05, 0.1) is 0 Å². The van der Waals surface area contributed by atoms with Gasteiger partial charge in [-0.3, -0.25) is 0 Å². The minimum Gasteiger partial charge on any atom is -0.777 e. The van der Waals surface area contributed by atoms with Crippen molar-refractivity contribution in [1.82, 2.24) is 0 Å². The maximum absolute atomic E-state index is 5.68. The fraction of sp³-hybridized carbons (Fsp3) is 0.143. The van der Waals surface area contributed by atoms with E-state index < -0.39 is 0 Å². The van der Waals surface area contributed by atoms with Crippen LogP contribution in [-0.2, 0) is 17.4 Å². The van der Waals surface area contributed by atoms with Gasteiger partial charge in [-0.25, -0.2) is 0 Å². The zero-order valence-electron chi connectivity index (χ0n) is 9.68. The molecule has 0 saturated heterocycles. The van der Waals surface area contributed by atoms with Crippen molar-refractivity contribution < 1.29 is 29.6 Å². The molecule has 0 heterocycles. The Labute approximate surface area is 125 Å². The SMILES string of the molecule is CC([S-])(c1ccccc1)c1ccccc1.[Na+]. The van der Waals surface area contributed by atoms with E-state index in [0.29, 0.717) is 0 Å². The van der Waals surface area contributed by atoms with Crippen LogP contribution in [-0.4, -0.2) is 0 Å². The molecule has 2 aromatic rings. The summed E-state index contributed by atoms with van der Waals surface area (Å²) in [5, 5.41) is 0. The van der Waals surface area contributed by atoms with Crippen LogP contribution in [0, 0.1) is 0 Å². The molecule has 2 aromatic carbocycles. The summed E-state index contributed by atoms with van der Waals surface area (Å²) in [6, 6.07) is 20.5. The van der Waals surface area contributed by atoms with Gasteiger partial charge in [-0.15, -0.1) is 4.75 Å².